The van der Waals surface area contributed by atoms with Crippen molar-refractivity contribution in [3.05, 3.63) is 58.7 Å². The lowest BCUT2D eigenvalue weighted by Gasteiger charge is -2.17. The number of benzene rings is 2. The molecule has 2 aromatic carbocycles. The molecule has 176 valence electrons. The van der Waals surface area contributed by atoms with Crippen LogP contribution >= 0.6 is 22.9 Å². The average Bonchev–Trinajstić information content (AvgIpc) is 3.28. The number of hydrogen-bond acceptors (Lipinski definition) is 6. The molecule has 0 saturated heterocycles. The second-order valence-corrected chi connectivity index (χ2v) is 9.64. The number of carbonyl (C=O) groups excluding carboxylic acids is 1. The second kappa shape index (κ2) is 11.6. The minimum atomic E-state index is -0.219. The summed E-state index contributed by atoms with van der Waals surface area (Å²) in [5.41, 5.74) is 4.80. The number of thiazole rings is 1. The lowest BCUT2D eigenvalue weighted by atomic mass is 9.96. The Labute approximate surface area is 205 Å². The first-order chi connectivity index (χ1) is 15.8. The van der Waals surface area contributed by atoms with Crippen LogP contribution in [0.3, 0.4) is 0 Å². The predicted molar refractivity (Wildman–Crippen MR) is 136 cm³/mol. The van der Waals surface area contributed by atoms with Crippen LogP contribution in [0.2, 0.25) is 5.02 Å². The Kier molecular flexibility index (Phi) is 8.89. The van der Waals surface area contributed by atoms with Gasteiger partial charge in [0.05, 0.1) is 29.7 Å². The molecule has 33 heavy (non-hydrogen) atoms. The van der Waals surface area contributed by atoms with Gasteiger partial charge in [-0.05, 0) is 68.6 Å². The molecule has 0 unspecified atom stereocenters. The summed E-state index contributed by atoms with van der Waals surface area (Å²) in [6.07, 6.45) is 3.80. The fourth-order valence-electron chi connectivity index (χ4n) is 3.71. The topological polar surface area (TPSA) is 51.7 Å². The van der Waals surface area contributed by atoms with Gasteiger partial charge in [0.1, 0.15) is 10.8 Å². The van der Waals surface area contributed by atoms with E-state index in [1.54, 1.807) is 11.3 Å². The molecule has 0 aliphatic rings. The van der Waals surface area contributed by atoms with Gasteiger partial charge in [0.2, 0.25) is 0 Å². The molecule has 1 aromatic heterocycles. The van der Waals surface area contributed by atoms with E-state index in [1.807, 2.05) is 50.2 Å². The van der Waals surface area contributed by atoms with E-state index >= 15 is 0 Å². The number of likely N-dealkylation sites (N-methyl/N-ethyl adjacent to an activating group) is 1. The highest BCUT2D eigenvalue weighted by Crippen LogP contribution is 2.37. The SMILES string of the molecule is CCc1c(CCN(C)CC(=O)OC)cccc1-c1cnc(-c2ccc(OC(C)C)c(Cl)c2)s1. The molecule has 0 aliphatic heterocycles. The summed E-state index contributed by atoms with van der Waals surface area (Å²) in [5.74, 6) is 0.466. The first-order valence-corrected chi connectivity index (χ1v) is 12.3. The third-order valence-corrected chi connectivity index (χ3v) is 6.70. The predicted octanol–water partition coefficient (Wildman–Crippen LogP) is 6.13. The summed E-state index contributed by atoms with van der Waals surface area (Å²) in [5, 5.41) is 1.51. The highest BCUT2D eigenvalue weighted by atomic mass is 35.5. The van der Waals surface area contributed by atoms with Crippen LogP contribution in [0.1, 0.15) is 31.9 Å². The van der Waals surface area contributed by atoms with E-state index in [0.29, 0.717) is 17.3 Å². The third kappa shape index (κ3) is 6.56. The summed E-state index contributed by atoms with van der Waals surface area (Å²) < 4.78 is 10.5. The zero-order valence-electron chi connectivity index (χ0n) is 19.9. The molecule has 0 N–H and O–H groups in total. The number of esters is 1. The minimum absolute atomic E-state index is 0.0693. The Morgan fingerprint density at radius 3 is 2.70 bits per heavy atom. The zero-order chi connectivity index (χ0) is 24.0. The van der Waals surface area contributed by atoms with Crippen LogP contribution in [0, 0.1) is 0 Å². The van der Waals surface area contributed by atoms with E-state index in [1.165, 1.54) is 23.8 Å². The highest BCUT2D eigenvalue weighted by Gasteiger charge is 2.15. The first-order valence-electron chi connectivity index (χ1n) is 11.1. The first kappa shape index (κ1) is 25.2. The molecule has 3 aromatic rings. The third-order valence-electron chi connectivity index (χ3n) is 5.33. The Hall–Kier alpha value is -2.41. The monoisotopic (exact) mass is 486 g/mol. The van der Waals surface area contributed by atoms with Crippen molar-refractivity contribution < 1.29 is 14.3 Å². The number of ether oxygens (including phenoxy) is 2. The molecule has 0 atom stereocenters. The van der Waals surface area contributed by atoms with Crippen molar-refractivity contribution in [2.24, 2.45) is 0 Å². The van der Waals surface area contributed by atoms with Crippen LogP contribution in [-0.4, -0.2) is 49.2 Å². The maximum Gasteiger partial charge on any atom is 0.319 e. The van der Waals surface area contributed by atoms with Gasteiger partial charge in [0, 0.05) is 18.3 Å². The van der Waals surface area contributed by atoms with Crippen molar-refractivity contribution in [2.45, 2.75) is 39.7 Å². The number of methoxy groups -OCH3 is 1. The van der Waals surface area contributed by atoms with Gasteiger partial charge in [0.15, 0.2) is 0 Å². The fourth-order valence-corrected chi connectivity index (χ4v) is 4.90. The van der Waals surface area contributed by atoms with Crippen LogP contribution in [0.25, 0.3) is 21.0 Å². The molecular formula is C26H31ClN2O3S. The van der Waals surface area contributed by atoms with Gasteiger partial charge >= 0.3 is 5.97 Å². The molecule has 0 amide bonds. The average molecular weight is 487 g/mol. The van der Waals surface area contributed by atoms with Gasteiger partial charge < -0.3 is 9.47 Å². The minimum Gasteiger partial charge on any atom is -0.489 e. The van der Waals surface area contributed by atoms with Crippen molar-refractivity contribution in [2.75, 3.05) is 27.2 Å². The molecule has 5 nitrogen and oxygen atoms in total. The van der Waals surface area contributed by atoms with Crippen molar-refractivity contribution in [1.29, 1.82) is 0 Å². The molecule has 1 heterocycles. The number of halogens is 1. The normalized spacial score (nSPS) is 11.3. The van der Waals surface area contributed by atoms with E-state index < -0.39 is 0 Å². The number of rotatable bonds is 10. The smallest absolute Gasteiger partial charge is 0.319 e. The Morgan fingerprint density at radius 2 is 2.03 bits per heavy atom. The number of hydrogen-bond donors (Lipinski definition) is 0. The summed E-state index contributed by atoms with van der Waals surface area (Å²) in [7, 11) is 3.35. The molecule has 0 spiro atoms. The van der Waals surface area contributed by atoms with Crippen LogP contribution < -0.4 is 4.74 Å². The van der Waals surface area contributed by atoms with Crippen LogP contribution in [0.15, 0.2) is 42.6 Å². The van der Waals surface area contributed by atoms with Crippen molar-refractivity contribution in [3.63, 3.8) is 0 Å². The second-order valence-electron chi connectivity index (χ2n) is 8.20. The van der Waals surface area contributed by atoms with Gasteiger partial charge in [-0.2, -0.15) is 0 Å². The lowest BCUT2D eigenvalue weighted by molar-refractivity contribution is -0.141. The van der Waals surface area contributed by atoms with E-state index in [4.69, 9.17) is 21.1 Å². The van der Waals surface area contributed by atoms with Crippen molar-refractivity contribution in [1.82, 2.24) is 9.88 Å². The number of nitrogens with zero attached hydrogens (tertiary/aromatic N) is 2. The van der Waals surface area contributed by atoms with Crippen molar-refractivity contribution >= 4 is 28.9 Å². The Bertz CT molecular complexity index is 1100. The molecule has 3 rings (SSSR count). The standard InChI is InChI=1S/C26H31ClN2O3S/c1-6-20-18(12-13-29(4)16-25(30)31-5)8-7-9-21(20)24-15-28-26(33-24)19-10-11-23(22(27)14-19)32-17(2)3/h7-11,14-15,17H,6,12-13,16H2,1-5H3. The fraction of sp³-hybridized carbons (Fsp3) is 0.385. The summed E-state index contributed by atoms with van der Waals surface area (Å²) in [6, 6.07) is 12.2. The van der Waals surface area contributed by atoms with E-state index in [2.05, 4.69) is 30.1 Å². The van der Waals surface area contributed by atoms with Gasteiger partial charge in [0.25, 0.3) is 0 Å². The summed E-state index contributed by atoms with van der Waals surface area (Å²) >= 11 is 8.09. The summed E-state index contributed by atoms with van der Waals surface area (Å²) in [4.78, 5) is 19.3. The highest BCUT2D eigenvalue weighted by molar-refractivity contribution is 7.18. The molecule has 0 fully saturated rings. The van der Waals surface area contributed by atoms with Gasteiger partial charge in [-0.3, -0.25) is 9.69 Å². The number of carbonyl (C=O) groups is 1. The Morgan fingerprint density at radius 1 is 1.24 bits per heavy atom. The van der Waals surface area contributed by atoms with E-state index in [0.717, 1.165) is 34.8 Å². The molecule has 0 bridgehead atoms. The maximum atomic E-state index is 11.5. The largest absolute Gasteiger partial charge is 0.489 e. The Balaban J connectivity index is 1.81. The van der Waals surface area contributed by atoms with Gasteiger partial charge in [-0.15, -0.1) is 11.3 Å². The van der Waals surface area contributed by atoms with Crippen molar-refractivity contribution in [3.8, 4) is 26.8 Å². The number of aromatic nitrogens is 1. The zero-order valence-corrected chi connectivity index (χ0v) is 21.4. The molecular weight excluding hydrogens is 456 g/mol. The molecule has 7 heteroatoms. The molecule has 0 radical (unpaired) electrons. The molecule has 0 saturated carbocycles. The van der Waals surface area contributed by atoms with Crippen LogP contribution in [0.4, 0.5) is 0 Å². The van der Waals surface area contributed by atoms with E-state index in [-0.39, 0.29) is 12.1 Å². The van der Waals surface area contributed by atoms with Crippen LogP contribution in [0.5, 0.6) is 5.75 Å². The summed E-state index contributed by atoms with van der Waals surface area (Å²) in [6.45, 7) is 7.21. The van der Waals surface area contributed by atoms with Gasteiger partial charge in [-0.1, -0.05) is 36.7 Å². The quantitative estimate of drug-likeness (QED) is 0.323. The molecule has 0 aliphatic carbocycles. The van der Waals surface area contributed by atoms with Gasteiger partial charge in [-0.25, -0.2) is 4.98 Å². The van der Waals surface area contributed by atoms with Crippen LogP contribution in [-0.2, 0) is 22.4 Å². The lowest BCUT2D eigenvalue weighted by Crippen LogP contribution is -2.28. The van der Waals surface area contributed by atoms with E-state index in [9.17, 15) is 4.79 Å². The maximum absolute atomic E-state index is 11.5.